The quantitative estimate of drug-likeness (QED) is 0.640. The third kappa shape index (κ3) is 4.00. The van der Waals surface area contributed by atoms with Crippen molar-refractivity contribution in [1.29, 1.82) is 0 Å². The Labute approximate surface area is 117 Å². The van der Waals surface area contributed by atoms with Crippen molar-refractivity contribution >= 4 is 17.3 Å². The Bertz CT molecular complexity index is 540. The highest BCUT2D eigenvalue weighted by molar-refractivity contribution is 6.29. The zero-order chi connectivity index (χ0) is 13.5. The number of aromatic nitrogens is 1. The molecular formula is C15H15ClN2O. The maximum atomic E-state index is 5.74. The van der Waals surface area contributed by atoms with Crippen molar-refractivity contribution in [2.45, 2.75) is 6.54 Å². The van der Waals surface area contributed by atoms with E-state index in [1.807, 2.05) is 30.3 Å². The van der Waals surface area contributed by atoms with Crippen LogP contribution in [0.25, 0.3) is 0 Å². The molecule has 1 N–H and O–H groups in total. The predicted molar refractivity (Wildman–Crippen MR) is 78.7 cm³/mol. The Kier molecular flexibility index (Phi) is 4.81. The summed E-state index contributed by atoms with van der Waals surface area (Å²) in [6.45, 7) is 4.81. The first-order valence-corrected chi connectivity index (χ1v) is 6.34. The lowest BCUT2D eigenvalue weighted by Crippen LogP contribution is -2.03. The summed E-state index contributed by atoms with van der Waals surface area (Å²) in [5.74, 6) is 0.858. The normalized spacial score (nSPS) is 9.95. The van der Waals surface area contributed by atoms with Gasteiger partial charge in [0.2, 0.25) is 0 Å². The molecule has 2 rings (SSSR count). The Balaban J connectivity index is 2.02. The molecule has 1 aromatic carbocycles. The van der Waals surface area contributed by atoms with Gasteiger partial charge in [-0.15, -0.1) is 0 Å². The Morgan fingerprint density at radius 3 is 2.84 bits per heavy atom. The number of ether oxygens (including phenoxy) is 1. The summed E-state index contributed by atoms with van der Waals surface area (Å²) in [6.07, 6.45) is 3.43. The number of hydrogen-bond donors (Lipinski definition) is 1. The molecule has 0 spiro atoms. The molecule has 0 unspecified atom stereocenters. The molecule has 98 valence electrons. The first-order valence-electron chi connectivity index (χ1n) is 5.96. The van der Waals surface area contributed by atoms with Gasteiger partial charge in [-0.3, -0.25) is 0 Å². The van der Waals surface area contributed by atoms with Crippen LogP contribution in [0.2, 0.25) is 5.15 Å². The van der Waals surface area contributed by atoms with Crippen molar-refractivity contribution in [2.24, 2.45) is 0 Å². The minimum atomic E-state index is 0.486. The van der Waals surface area contributed by atoms with Gasteiger partial charge in [-0.25, -0.2) is 4.98 Å². The van der Waals surface area contributed by atoms with E-state index < -0.39 is 0 Å². The molecule has 0 saturated carbocycles. The fourth-order valence-electron chi connectivity index (χ4n) is 1.62. The van der Waals surface area contributed by atoms with Gasteiger partial charge < -0.3 is 10.1 Å². The molecule has 0 fully saturated rings. The van der Waals surface area contributed by atoms with Gasteiger partial charge in [-0.2, -0.15) is 0 Å². The van der Waals surface area contributed by atoms with E-state index in [0.717, 1.165) is 17.0 Å². The van der Waals surface area contributed by atoms with Crippen LogP contribution in [-0.4, -0.2) is 11.6 Å². The number of anilines is 1. The van der Waals surface area contributed by atoms with E-state index in [4.69, 9.17) is 16.3 Å². The molecule has 1 aromatic heterocycles. The molecule has 0 atom stereocenters. The second-order valence-corrected chi connectivity index (χ2v) is 4.32. The highest BCUT2D eigenvalue weighted by Crippen LogP contribution is 2.19. The van der Waals surface area contributed by atoms with E-state index in [2.05, 4.69) is 16.9 Å². The maximum Gasteiger partial charge on any atom is 0.129 e. The van der Waals surface area contributed by atoms with Gasteiger partial charge in [0.25, 0.3) is 0 Å². The van der Waals surface area contributed by atoms with Crippen molar-refractivity contribution in [2.75, 3.05) is 11.9 Å². The van der Waals surface area contributed by atoms with Crippen LogP contribution in [0, 0.1) is 0 Å². The monoisotopic (exact) mass is 274 g/mol. The summed E-state index contributed by atoms with van der Waals surface area (Å²) in [5.41, 5.74) is 2.00. The van der Waals surface area contributed by atoms with Crippen LogP contribution in [-0.2, 0) is 6.54 Å². The zero-order valence-electron chi connectivity index (χ0n) is 10.5. The van der Waals surface area contributed by atoms with E-state index in [0.29, 0.717) is 18.3 Å². The topological polar surface area (TPSA) is 34.1 Å². The Hall–Kier alpha value is -2.00. The molecule has 0 bridgehead atoms. The standard InChI is InChI=1S/C15H15ClN2O/c1-2-9-19-14-6-4-3-5-12(14)10-17-13-7-8-15(16)18-11-13/h2-8,11,17H,1,9-10H2. The Morgan fingerprint density at radius 1 is 1.26 bits per heavy atom. The molecule has 1 heterocycles. The molecule has 19 heavy (non-hydrogen) atoms. The minimum Gasteiger partial charge on any atom is -0.489 e. The second kappa shape index (κ2) is 6.81. The molecule has 0 radical (unpaired) electrons. The van der Waals surface area contributed by atoms with Crippen molar-refractivity contribution in [1.82, 2.24) is 4.98 Å². The molecule has 0 aliphatic heterocycles. The van der Waals surface area contributed by atoms with E-state index in [1.54, 1.807) is 18.3 Å². The van der Waals surface area contributed by atoms with Crippen molar-refractivity contribution < 1.29 is 4.74 Å². The van der Waals surface area contributed by atoms with Gasteiger partial charge in [0.1, 0.15) is 17.5 Å². The van der Waals surface area contributed by atoms with Crippen molar-refractivity contribution in [3.8, 4) is 5.75 Å². The van der Waals surface area contributed by atoms with Crippen LogP contribution < -0.4 is 10.1 Å². The van der Waals surface area contributed by atoms with E-state index in [9.17, 15) is 0 Å². The van der Waals surface area contributed by atoms with Crippen LogP contribution >= 0.6 is 11.6 Å². The lowest BCUT2D eigenvalue weighted by molar-refractivity contribution is 0.359. The first kappa shape index (κ1) is 13.4. The third-order valence-electron chi connectivity index (χ3n) is 2.54. The van der Waals surface area contributed by atoms with Gasteiger partial charge >= 0.3 is 0 Å². The Morgan fingerprint density at radius 2 is 2.11 bits per heavy atom. The van der Waals surface area contributed by atoms with Gasteiger partial charge in [0.15, 0.2) is 0 Å². The minimum absolute atomic E-state index is 0.486. The fraction of sp³-hybridized carbons (Fsp3) is 0.133. The molecule has 0 aliphatic carbocycles. The van der Waals surface area contributed by atoms with Crippen LogP contribution in [0.15, 0.2) is 55.3 Å². The summed E-state index contributed by atoms with van der Waals surface area (Å²) in [6, 6.07) is 11.5. The number of benzene rings is 1. The van der Waals surface area contributed by atoms with Gasteiger partial charge in [-0.05, 0) is 18.2 Å². The van der Waals surface area contributed by atoms with Gasteiger partial charge in [0, 0.05) is 12.1 Å². The number of pyridine rings is 1. The molecule has 4 heteroatoms. The average molecular weight is 275 g/mol. The number of rotatable bonds is 6. The van der Waals surface area contributed by atoms with Gasteiger partial charge in [0.05, 0.1) is 11.9 Å². The SMILES string of the molecule is C=CCOc1ccccc1CNc1ccc(Cl)nc1. The molecule has 0 amide bonds. The lowest BCUT2D eigenvalue weighted by Gasteiger charge is -2.11. The smallest absolute Gasteiger partial charge is 0.129 e. The van der Waals surface area contributed by atoms with Crippen LogP contribution in [0.4, 0.5) is 5.69 Å². The number of nitrogens with one attached hydrogen (secondary N) is 1. The zero-order valence-corrected chi connectivity index (χ0v) is 11.2. The second-order valence-electron chi connectivity index (χ2n) is 3.93. The average Bonchev–Trinajstić information content (AvgIpc) is 2.45. The van der Waals surface area contributed by atoms with Crippen molar-refractivity contribution in [3.63, 3.8) is 0 Å². The van der Waals surface area contributed by atoms with Crippen LogP contribution in [0.1, 0.15) is 5.56 Å². The first-order chi connectivity index (χ1) is 9.29. The summed E-state index contributed by atoms with van der Waals surface area (Å²) in [5, 5.41) is 3.76. The number of halogens is 1. The van der Waals surface area contributed by atoms with E-state index in [-0.39, 0.29) is 0 Å². The number of nitrogens with zero attached hydrogens (tertiary/aromatic N) is 1. The highest BCUT2D eigenvalue weighted by atomic mass is 35.5. The third-order valence-corrected chi connectivity index (χ3v) is 2.76. The van der Waals surface area contributed by atoms with E-state index in [1.165, 1.54) is 0 Å². The number of hydrogen-bond acceptors (Lipinski definition) is 3. The fourth-order valence-corrected chi connectivity index (χ4v) is 1.73. The van der Waals surface area contributed by atoms with Crippen LogP contribution in [0.5, 0.6) is 5.75 Å². The lowest BCUT2D eigenvalue weighted by atomic mass is 10.2. The molecule has 3 nitrogen and oxygen atoms in total. The molecule has 2 aromatic rings. The summed E-state index contributed by atoms with van der Waals surface area (Å²) < 4.78 is 5.60. The maximum absolute atomic E-state index is 5.74. The molecule has 0 saturated heterocycles. The van der Waals surface area contributed by atoms with Crippen LogP contribution in [0.3, 0.4) is 0 Å². The van der Waals surface area contributed by atoms with Crippen molar-refractivity contribution in [3.05, 3.63) is 66.0 Å². The van der Waals surface area contributed by atoms with Gasteiger partial charge in [-0.1, -0.05) is 42.5 Å². The summed E-state index contributed by atoms with van der Waals surface area (Å²) in [7, 11) is 0. The van der Waals surface area contributed by atoms with E-state index >= 15 is 0 Å². The summed E-state index contributed by atoms with van der Waals surface area (Å²) >= 11 is 5.74. The molecular weight excluding hydrogens is 260 g/mol. The summed E-state index contributed by atoms with van der Waals surface area (Å²) in [4.78, 5) is 4.02. The largest absolute Gasteiger partial charge is 0.489 e. The predicted octanol–water partition coefficient (Wildman–Crippen LogP) is 3.91. The molecule has 0 aliphatic rings. The highest BCUT2D eigenvalue weighted by Gasteiger charge is 2.02. The number of para-hydroxylation sites is 1.